The van der Waals surface area contributed by atoms with Crippen LogP contribution in [0, 0.1) is 17.1 Å². The molecule has 1 amide bonds. The molecule has 40 heavy (non-hydrogen) atoms. The lowest BCUT2D eigenvalue weighted by Crippen LogP contribution is -2.36. The number of hydrogen-bond donors (Lipinski definition) is 1. The van der Waals surface area contributed by atoms with E-state index in [9.17, 15) is 22.9 Å². The van der Waals surface area contributed by atoms with Crippen molar-refractivity contribution in [1.29, 1.82) is 5.26 Å². The van der Waals surface area contributed by atoms with Gasteiger partial charge in [0.15, 0.2) is 9.84 Å². The Labute approximate surface area is 231 Å². The molecule has 1 N–H and O–H groups in total. The van der Waals surface area contributed by atoms with Crippen LogP contribution < -0.4 is 10.1 Å². The fraction of sp³-hybridized carbons (Fsp3) is 0.167. The van der Waals surface area contributed by atoms with E-state index in [2.05, 4.69) is 5.32 Å². The summed E-state index contributed by atoms with van der Waals surface area (Å²) in [7, 11) is -3.18. The third-order valence-corrected chi connectivity index (χ3v) is 8.21. The number of sulfone groups is 1. The van der Waals surface area contributed by atoms with Gasteiger partial charge >= 0.3 is 0 Å². The van der Waals surface area contributed by atoms with E-state index in [1.807, 2.05) is 48.5 Å². The minimum atomic E-state index is -3.18. The van der Waals surface area contributed by atoms with Gasteiger partial charge in [-0.2, -0.15) is 10.4 Å². The summed E-state index contributed by atoms with van der Waals surface area (Å²) in [6.45, 7) is 0.277. The molecule has 4 aromatic rings. The number of benzene rings is 3. The average Bonchev–Trinajstić information content (AvgIpc) is 3.54. The Balaban J connectivity index is 1.41. The third-order valence-electron chi connectivity index (χ3n) is 6.44. The summed E-state index contributed by atoms with van der Waals surface area (Å²) in [5.74, 6) is -0.453. The van der Waals surface area contributed by atoms with Crippen molar-refractivity contribution >= 4 is 21.8 Å². The van der Waals surface area contributed by atoms with Crippen molar-refractivity contribution in [2.75, 3.05) is 11.5 Å². The summed E-state index contributed by atoms with van der Waals surface area (Å²) in [5.41, 5.74) is 3.28. The number of aromatic nitrogens is 2. The molecule has 1 fully saturated rings. The normalized spacial score (nSPS) is 16.3. The smallest absolute Gasteiger partial charge is 0.262 e. The highest BCUT2D eigenvalue weighted by Gasteiger charge is 2.29. The Morgan fingerprint density at radius 2 is 1.82 bits per heavy atom. The molecule has 1 unspecified atom stereocenters. The number of nitrogens with one attached hydrogen (secondary N) is 1. The van der Waals surface area contributed by atoms with Gasteiger partial charge < -0.3 is 10.1 Å². The number of ether oxygens (including phenoxy) is 1. The summed E-state index contributed by atoms with van der Waals surface area (Å²) in [4.78, 5) is 12.9. The van der Waals surface area contributed by atoms with E-state index < -0.39 is 21.8 Å². The molecule has 0 spiro atoms. The summed E-state index contributed by atoms with van der Waals surface area (Å²) in [6.07, 6.45) is 3.51. The predicted octanol–water partition coefficient (Wildman–Crippen LogP) is 4.47. The quantitative estimate of drug-likeness (QED) is 0.253. The number of nitrogens with zero attached hydrogens (tertiary/aromatic N) is 3. The van der Waals surface area contributed by atoms with Gasteiger partial charge in [-0.05, 0) is 66.6 Å². The van der Waals surface area contributed by atoms with Crippen LogP contribution in [0.15, 0.2) is 90.6 Å². The molecular formula is C30H25FN4O4S. The Kier molecular flexibility index (Phi) is 7.75. The minimum Gasteiger partial charge on any atom is -0.489 e. The van der Waals surface area contributed by atoms with E-state index in [4.69, 9.17) is 9.84 Å². The second-order valence-corrected chi connectivity index (χ2v) is 11.6. The summed E-state index contributed by atoms with van der Waals surface area (Å²) < 4.78 is 44.2. The van der Waals surface area contributed by atoms with E-state index in [-0.39, 0.29) is 29.5 Å². The molecule has 10 heteroatoms. The van der Waals surface area contributed by atoms with Crippen molar-refractivity contribution in [3.05, 3.63) is 108 Å². The van der Waals surface area contributed by atoms with Crippen molar-refractivity contribution in [3.8, 4) is 28.8 Å². The van der Waals surface area contributed by atoms with Crippen LogP contribution in [-0.2, 0) is 21.2 Å². The van der Waals surface area contributed by atoms with Gasteiger partial charge in [0, 0.05) is 23.4 Å². The molecule has 0 saturated carbocycles. The van der Waals surface area contributed by atoms with Crippen molar-refractivity contribution in [1.82, 2.24) is 15.1 Å². The van der Waals surface area contributed by atoms with Crippen molar-refractivity contribution < 1.29 is 22.3 Å². The molecule has 202 valence electrons. The van der Waals surface area contributed by atoms with Gasteiger partial charge in [0.25, 0.3) is 5.91 Å². The molecule has 1 aliphatic rings. The van der Waals surface area contributed by atoms with Gasteiger partial charge in [-0.25, -0.2) is 17.5 Å². The van der Waals surface area contributed by atoms with E-state index >= 15 is 0 Å². The first-order valence-electron chi connectivity index (χ1n) is 12.6. The molecule has 1 atom stereocenters. The number of rotatable bonds is 8. The summed E-state index contributed by atoms with van der Waals surface area (Å²) >= 11 is 0. The maximum absolute atomic E-state index is 13.1. The molecule has 1 aliphatic heterocycles. The zero-order valence-corrected chi connectivity index (χ0v) is 22.1. The van der Waals surface area contributed by atoms with E-state index in [1.165, 1.54) is 18.2 Å². The monoisotopic (exact) mass is 556 g/mol. The standard InChI is InChI=1S/C30H25FN4O4S/c31-25-10-6-21(7-11-25)19-39-28-12-8-22(9-13-28)29-24(18-35(34-29)27-4-2-1-3-5-27)16-23(17-32)30(36)33-26-14-15-40(37,38)20-26/h1-13,16,18,26H,14-15,19-20H2,(H,33,36)/b23-16-. The fourth-order valence-electron chi connectivity index (χ4n) is 4.36. The Bertz CT molecular complexity index is 1690. The maximum Gasteiger partial charge on any atom is 0.262 e. The minimum absolute atomic E-state index is 0.0150. The molecule has 8 nitrogen and oxygen atoms in total. The first-order valence-corrected chi connectivity index (χ1v) is 14.4. The van der Waals surface area contributed by atoms with Crippen molar-refractivity contribution in [3.63, 3.8) is 0 Å². The highest BCUT2D eigenvalue weighted by Crippen LogP contribution is 2.28. The molecule has 1 aromatic heterocycles. The molecule has 0 radical (unpaired) electrons. The van der Waals surface area contributed by atoms with E-state index in [1.54, 1.807) is 35.1 Å². The molecule has 0 bridgehead atoms. The lowest BCUT2D eigenvalue weighted by molar-refractivity contribution is -0.117. The lowest BCUT2D eigenvalue weighted by atomic mass is 10.1. The number of halogens is 1. The van der Waals surface area contributed by atoms with Crippen LogP contribution in [0.25, 0.3) is 23.0 Å². The van der Waals surface area contributed by atoms with E-state index in [0.29, 0.717) is 23.4 Å². The van der Waals surface area contributed by atoms with Crippen LogP contribution in [0.2, 0.25) is 0 Å². The first-order chi connectivity index (χ1) is 19.3. The maximum atomic E-state index is 13.1. The Morgan fingerprint density at radius 1 is 1.10 bits per heavy atom. The summed E-state index contributed by atoms with van der Waals surface area (Å²) in [5, 5.41) is 17.2. The number of carbonyl (C=O) groups excluding carboxylic acids is 1. The highest BCUT2D eigenvalue weighted by molar-refractivity contribution is 7.91. The number of carbonyl (C=O) groups is 1. The Morgan fingerprint density at radius 3 is 2.48 bits per heavy atom. The number of hydrogen-bond acceptors (Lipinski definition) is 6. The van der Waals surface area contributed by atoms with Crippen LogP contribution in [-0.4, -0.2) is 41.7 Å². The molecule has 3 aromatic carbocycles. The van der Waals surface area contributed by atoms with Crippen molar-refractivity contribution in [2.24, 2.45) is 0 Å². The topological polar surface area (TPSA) is 114 Å². The van der Waals surface area contributed by atoms with Gasteiger partial charge in [0.05, 0.1) is 22.9 Å². The van der Waals surface area contributed by atoms with Gasteiger partial charge in [0.2, 0.25) is 0 Å². The zero-order chi connectivity index (χ0) is 28.1. The largest absolute Gasteiger partial charge is 0.489 e. The number of amides is 1. The molecule has 1 saturated heterocycles. The zero-order valence-electron chi connectivity index (χ0n) is 21.3. The SMILES string of the molecule is N#C/C(=C/c1cn(-c2ccccc2)nc1-c1ccc(OCc2ccc(F)cc2)cc1)C(=O)NC1CCS(=O)(=O)C1. The van der Waals surface area contributed by atoms with Crippen LogP contribution in [0.4, 0.5) is 4.39 Å². The Hall–Kier alpha value is -4.75. The third kappa shape index (κ3) is 6.45. The van der Waals surface area contributed by atoms with Gasteiger partial charge in [-0.15, -0.1) is 0 Å². The predicted molar refractivity (Wildman–Crippen MR) is 149 cm³/mol. The van der Waals surface area contributed by atoms with Gasteiger partial charge in [-0.1, -0.05) is 30.3 Å². The summed E-state index contributed by atoms with van der Waals surface area (Å²) in [6, 6.07) is 24.1. The molecule has 0 aliphatic carbocycles. The molecule has 2 heterocycles. The highest BCUT2D eigenvalue weighted by atomic mass is 32.2. The second-order valence-electron chi connectivity index (χ2n) is 9.40. The fourth-order valence-corrected chi connectivity index (χ4v) is 6.04. The van der Waals surface area contributed by atoms with Crippen LogP contribution in [0.3, 0.4) is 0 Å². The average molecular weight is 557 g/mol. The first kappa shape index (κ1) is 26.8. The van der Waals surface area contributed by atoms with Crippen molar-refractivity contribution in [2.45, 2.75) is 19.1 Å². The molecular weight excluding hydrogens is 531 g/mol. The van der Waals surface area contributed by atoms with Crippen LogP contribution in [0.1, 0.15) is 17.5 Å². The van der Waals surface area contributed by atoms with E-state index in [0.717, 1.165) is 16.8 Å². The number of nitriles is 1. The number of para-hydroxylation sites is 1. The molecule has 5 rings (SSSR count). The van der Waals surface area contributed by atoms with Gasteiger partial charge in [-0.3, -0.25) is 4.79 Å². The van der Waals surface area contributed by atoms with Crippen LogP contribution >= 0.6 is 0 Å². The second kappa shape index (κ2) is 11.6. The van der Waals surface area contributed by atoms with Gasteiger partial charge in [0.1, 0.15) is 29.8 Å². The van der Waals surface area contributed by atoms with Crippen LogP contribution in [0.5, 0.6) is 5.75 Å². The lowest BCUT2D eigenvalue weighted by Gasteiger charge is -2.10.